The molecule has 0 spiro atoms. The van der Waals surface area contributed by atoms with Crippen LogP contribution in [0.3, 0.4) is 0 Å². The van der Waals surface area contributed by atoms with E-state index in [-0.39, 0.29) is 25.3 Å². The number of nitro benzene ring substituents is 1. The molecule has 0 bridgehead atoms. The van der Waals surface area contributed by atoms with Crippen molar-refractivity contribution in [2.45, 2.75) is 32.4 Å². The number of aliphatic carboxylic acids is 1. The minimum atomic E-state index is -1.08. The summed E-state index contributed by atoms with van der Waals surface area (Å²) in [6, 6.07) is 3.36. The molecule has 0 unspecified atom stereocenters. The highest BCUT2D eigenvalue weighted by molar-refractivity contribution is 7.22. The van der Waals surface area contributed by atoms with E-state index in [0.29, 0.717) is 10.6 Å². The highest BCUT2D eigenvalue weighted by Crippen LogP contribution is 2.33. The van der Waals surface area contributed by atoms with E-state index in [1.54, 1.807) is 31.7 Å². The monoisotopic (exact) mass is 408 g/mol. The van der Waals surface area contributed by atoms with Gasteiger partial charge < -0.3 is 19.6 Å². The summed E-state index contributed by atoms with van der Waals surface area (Å²) in [5.41, 5.74) is -0.309. The lowest BCUT2D eigenvalue weighted by atomic mass is 10.2. The number of nitrogens with zero attached hydrogens (tertiary/aromatic N) is 4. The zero-order chi connectivity index (χ0) is 20.6. The number of nitro groups is 1. The molecule has 0 saturated carbocycles. The molecule has 1 atom stereocenters. The molecular formula is C17H20N4O6S. The van der Waals surface area contributed by atoms with E-state index in [1.165, 1.54) is 28.4 Å². The Labute approximate surface area is 164 Å². The van der Waals surface area contributed by atoms with Gasteiger partial charge in [-0.3, -0.25) is 10.1 Å². The van der Waals surface area contributed by atoms with Gasteiger partial charge in [-0.1, -0.05) is 11.3 Å². The Balaban J connectivity index is 1.84. The zero-order valence-electron chi connectivity index (χ0n) is 15.6. The molecule has 11 heteroatoms. The van der Waals surface area contributed by atoms with Gasteiger partial charge in [0.1, 0.15) is 11.6 Å². The lowest BCUT2D eigenvalue weighted by Crippen LogP contribution is -2.58. The van der Waals surface area contributed by atoms with E-state index in [0.717, 1.165) is 4.70 Å². The Morgan fingerprint density at radius 1 is 1.36 bits per heavy atom. The maximum absolute atomic E-state index is 12.3. The van der Waals surface area contributed by atoms with Crippen molar-refractivity contribution in [1.29, 1.82) is 0 Å². The minimum absolute atomic E-state index is 0.0413. The Kier molecular flexibility index (Phi) is 5.11. The van der Waals surface area contributed by atoms with E-state index in [9.17, 15) is 24.8 Å². The summed E-state index contributed by atoms with van der Waals surface area (Å²) < 4.78 is 6.05. The molecule has 1 N–H and O–H groups in total. The number of amides is 1. The molecular weight excluding hydrogens is 388 g/mol. The van der Waals surface area contributed by atoms with Crippen LogP contribution in [0.1, 0.15) is 20.8 Å². The number of carbonyl (C=O) groups excluding carboxylic acids is 1. The van der Waals surface area contributed by atoms with Crippen LogP contribution in [-0.2, 0) is 9.53 Å². The molecule has 150 valence electrons. The second-order valence-corrected chi connectivity index (χ2v) is 8.39. The molecule has 28 heavy (non-hydrogen) atoms. The number of thiazole rings is 1. The van der Waals surface area contributed by atoms with Crippen molar-refractivity contribution >= 4 is 44.4 Å². The van der Waals surface area contributed by atoms with Crippen molar-refractivity contribution in [2.24, 2.45) is 0 Å². The second kappa shape index (κ2) is 7.23. The summed E-state index contributed by atoms with van der Waals surface area (Å²) in [4.78, 5) is 41.9. The molecule has 10 nitrogen and oxygen atoms in total. The van der Waals surface area contributed by atoms with E-state index < -0.39 is 28.6 Å². The lowest BCUT2D eigenvalue weighted by molar-refractivity contribution is -0.384. The Morgan fingerprint density at radius 3 is 2.68 bits per heavy atom. The first kappa shape index (κ1) is 19.8. The Bertz CT molecular complexity index is 937. The third-order valence-electron chi connectivity index (χ3n) is 4.13. The summed E-state index contributed by atoms with van der Waals surface area (Å²) in [6.07, 6.45) is -0.557. The number of non-ortho nitro benzene ring substituents is 1. The third-order valence-corrected chi connectivity index (χ3v) is 5.21. The first-order valence-electron chi connectivity index (χ1n) is 8.57. The first-order chi connectivity index (χ1) is 13.0. The van der Waals surface area contributed by atoms with E-state index >= 15 is 0 Å². The van der Waals surface area contributed by atoms with Gasteiger partial charge >= 0.3 is 12.1 Å². The van der Waals surface area contributed by atoms with Crippen LogP contribution in [0.25, 0.3) is 10.2 Å². The van der Waals surface area contributed by atoms with E-state index in [1.807, 2.05) is 0 Å². The van der Waals surface area contributed by atoms with Crippen LogP contribution >= 0.6 is 11.3 Å². The van der Waals surface area contributed by atoms with Crippen LogP contribution in [0.4, 0.5) is 15.6 Å². The molecule has 1 amide bonds. The zero-order valence-corrected chi connectivity index (χ0v) is 16.4. The molecule has 2 heterocycles. The molecule has 2 aromatic rings. The SMILES string of the molecule is CC(C)(C)OC(=O)N1CCN(c2nc3cc([N+](=O)[O-])ccc3s2)[C@@H](C(=O)O)C1. The summed E-state index contributed by atoms with van der Waals surface area (Å²) in [6.45, 7) is 5.75. The fourth-order valence-corrected chi connectivity index (χ4v) is 3.88. The number of benzene rings is 1. The minimum Gasteiger partial charge on any atom is -0.480 e. The van der Waals surface area contributed by atoms with Crippen LogP contribution in [0.2, 0.25) is 0 Å². The van der Waals surface area contributed by atoms with E-state index in [2.05, 4.69) is 4.98 Å². The molecule has 1 aliphatic rings. The molecule has 1 saturated heterocycles. The van der Waals surface area contributed by atoms with Crippen LogP contribution < -0.4 is 4.90 Å². The average molecular weight is 408 g/mol. The number of ether oxygens (including phenoxy) is 1. The molecule has 3 rings (SSSR count). The van der Waals surface area contributed by atoms with Gasteiger partial charge in [0.25, 0.3) is 5.69 Å². The van der Waals surface area contributed by atoms with Gasteiger partial charge in [0, 0.05) is 25.2 Å². The maximum Gasteiger partial charge on any atom is 0.410 e. The molecule has 1 aromatic carbocycles. The van der Waals surface area contributed by atoms with Crippen molar-refractivity contribution in [3.8, 4) is 0 Å². The number of piperazine rings is 1. The predicted octanol–water partition coefficient (Wildman–Crippen LogP) is 2.71. The Morgan fingerprint density at radius 2 is 2.07 bits per heavy atom. The standard InChI is InChI=1S/C17H20N4O6S/c1-17(2,3)27-16(24)19-6-7-20(12(9-19)14(22)23)15-18-11-8-10(21(25)26)4-5-13(11)28-15/h4-5,8,12H,6-7,9H2,1-3H3,(H,22,23)/t12-/m1/s1. The Hall–Kier alpha value is -2.95. The van der Waals surface area contributed by atoms with Gasteiger partial charge in [-0.25, -0.2) is 14.6 Å². The highest BCUT2D eigenvalue weighted by Gasteiger charge is 2.37. The molecule has 1 aromatic heterocycles. The van der Waals surface area contributed by atoms with Gasteiger partial charge in [0.2, 0.25) is 0 Å². The number of carboxylic acids is 1. The smallest absolute Gasteiger partial charge is 0.410 e. The third kappa shape index (κ3) is 4.14. The molecule has 0 radical (unpaired) electrons. The van der Waals surface area contributed by atoms with Crippen LogP contribution in [0.15, 0.2) is 18.2 Å². The first-order valence-corrected chi connectivity index (χ1v) is 9.39. The number of carboxylic acid groups (broad SMARTS) is 1. The van der Waals surface area contributed by atoms with Crippen molar-refractivity contribution < 1.29 is 24.4 Å². The van der Waals surface area contributed by atoms with Gasteiger partial charge in [-0.05, 0) is 26.8 Å². The van der Waals surface area contributed by atoms with E-state index in [4.69, 9.17) is 4.74 Å². The second-order valence-electron chi connectivity index (χ2n) is 7.38. The maximum atomic E-state index is 12.3. The van der Waals surface area contributed by atoms with Crippen LogP contribution in [-0.4, -0.2) is 63.3 Å². The van der Waals surface area contributed by atoms with Crippen LogP contribution in [0.5, 0.6) is 0 Å². The molecule has 1 fully saturated rings. The number of rotatable bonds is 3. The average Bonchev–Trinajstić information content (AvgIpc) is 3.02. The van der Waals surface area contributed by atoms with Crippen molar-refractivity contribution in [3.05, 3.63) is 28.3 Å². The number of anilines is 1. The fourth-order valence-electron chi connectivity index (χ4n) is 2.86. The number of hydrogen-bond donors (Lipinski definition) is 1. The highest BCUT2D eigenvalue weighted by atomic mass is 32.1. The van der Waals surface area contributed by atoms with Gasteiger partial charge in [0.05, 0.1) is 21.7 Å². The number of aromatic nitrogens is 1. The molecule has 0 aliphatic carbocycles. The summed E-state index contributed by atoms with van der Waals surface area (Å²) >= 11 is 1.26. The fraction of sp³-hybridized carbons (Fsp3) is 0.471. The molecule has 1 aliphatic heterocycles. The van der Waals surface area contributed by atoms with Crippen molar-refractivity contribution in [3.63, 3.8) is 0 Å². The summed E-state index contributed by atoms with van der Waals surface area (Å²) in [5.74, 6) is -1.08. The predicted molar refractivity (Wildman–Crippen MR) is 103 cm³/mol. The number of hydrogen-bond acceptors (Lipinski definition) is 8. The lowest BCUT2D eigenvalue weighted by Gasteiger charge is -2.39. The van der Waals surface area contributed by atoms with Gasteiger partial charge in [-0.15, -0.1) is 0 Å². The number of carbonyl (C=O) groups is 2. The van der Waals surface area contributed by atoms with Gasteiger partial charge in [0.15, 0.2) is 5.13 Å². The largest absolute Gasteiger partial charge is 0.480 e. The summed E-state index contributed by atoms with van der Waals surface area (Å²) in [7, 11) is 0. The van der Waals surface area contributed by atoms with Gasteiger partial charge in [-0.2, -0.15) is 0 Å². The van der Waals surface area contributed by atoms with Crippen molar-refractivity contribution in [2.75, 3.05) is 24.5 Å². The normalized spacial score (nSPS) is 17.6. The summed E-state index contributed by atoms with van der Waals surface area (Å²) in [5, 5.41) is 21.0. The quantitative estimate of drug-likeness (QED) is 0.607. The number of fused-ring (bicyclic) bond motifs is 1. The van der Waals surface area contributed by atoms with Crippen molar-refractivity contribution in [1.82, 2.24) is 9.88 Å². The van der Waals surface area contributed by atoms with Crippen LogP contribution in [0, 0.1) is 10.1 Å². The topological polar surface area (TPSA) is 126 Å².